The highest BCUT2D eigenvalue weighted by Crippen LogP contribution is 2.45. The third kappa shape index (κ3) is 2.88. The van der Waals surface area contributed by atoms with E-state index in [2.05, 4.69) is 10.6 Å². The number of barbiturate groups is 1. The molecule has 10 nitrogen and oxygen atoms in total. The molecule has 32 heavy (non-hydrogen) atoms. The minimum Gasteiger partial charge on any atom is -0.368 e. The fraction of sp³-hybridized carbons (Fsp3) is 0.286. The molecule has 0 aliphatic carbocycles. The molecule has 4 amide bonds. The molecule has 164 valence electrons. The van der Waals surface area contributed by atoms with E-state index in [0.717, 1.165) is 5.69 Å². The number of fused-ring (bicyclic) bond motifs is 4. The Hall–Kier alpha value is -4.02. The standard InChI is InChI=1S/C21H18FN5O5/c22-13-1-3-14(4-2-13)25-7-8-26-16-6-5-15(27(31)32)9-12(16)10-21(17(26)11-25)18(28)23-20(30)24-19(21)29/h1-6,9,17H,7-8,10-11H2,(H2,23,24,28,29,30)/t17-/m0/s1. The van der Waals surface area contributed by atoms with Crippen LogP contribution in [-0.2, 0) is 16.0 Å². The van der Waals surface area contributed by atoms with Gasteiger partial charge in [-0.05, 0) is 35.9 Å². The third-order valence-corrected chi connectivity index (χ3v) is 6.46. The van der Waals surface area contributed by atoms with Gasteiger partial charge in [0.15, 0.2) is 5.41 Å². The summed E-state index contributed by atoms with van der Waals surface area (Å²) in [5, 5.41) is 15.7. The van der Waals surface area contributed by atoms with Gasteiger partial charge in [0.05, 0.1) is 11.0 Å². The van der Waals surface area contributed by atoms with Crippen molar-refractivity contribution in [3.8, 4) is 0 Å². The summed E-state index contributed by atoms with van der Waals surface area (Å²) in [5.74, 6) is -1.85. The van der Waals surface area contributed by atoms with Gasteiger partial charge in [0, 0.05) is 49.6 Å². The molecule has 2 aromatic carbocycles. The van der Waals surface area contributed by atoms with Crippen LogP contribution in [0, 0.1) is 21.3 Å². The fourth-order valence-electron chi connectivity index (χ4n) is 4.93. The molecule has 2 saturated heterocycles. The number of rotatable bonds is 2. The van der Waals surface area contributed by atoms with Gasteiger partial charge in [0.25, 0.3) is 5.69 Å². The van der Waals surface area contributed by atoms with E-state index < -0.39 is 34.2 Å². The van der Waals surface area contributed by atoms with Crippen LogP contribution in [0.3, 0.4) is 0 Å². The molecule has 2 N–H and O–H groups in total. The number of amides is 4. The maximum absolute atomic E-state index is 13.4. The zero-order chi connectivity index (χ0) is 22.6. The number of imide groups is 2. The lowest BCUT2D eigenvalue weighted by atomic mass is 9.68. The van der Waals surface area contributed by atoms with E-state index in [0.29, 0.717) is 24.3 Å². The second kappa shape index (κ2) is 7.01. The molecule has 0 bridgehead atoms. The molecular weight excluding hydrogens is 421 g/mol. The quantitative estimate of drug-likeness (QED) is 0.411. The Morgan fingerprint density at radius 1 is 1.03 bits per heavy atom. The molecule has 1 atom stereocenters. The zero-order valence-corrected chi connectivity index (χ0v) is 16.7. The number of nitrogens with zero attached hydrogens (tertiary/aromatic N) is 3. The summed E-state index contributed by atoms with van der Waals surface area (Å²) < 4.78 is 13.4. The van der Waals surface area contributed by atoms with E-state index in [9.17, 15) is 28.9 Å². The number of carbonyl (C=O) groups excluding carboxylic acids is 3. The van der Waals surface area contributed by atoms with Crippen LogP contribution in [0.4, 0.5) is 26.2 Å². The van der Waals surface area contributed by atoms with E-state index in [-0.39, 0.29) is 24.5 Å². The fourth-order valence-corrected chi connectivity index (χ4v) is 4.93. The van der Waals surface area contributed by atoms with E-state index in [1.807, 2.05) is 9.80 Å². The van der Waals surface area contributed by atoms with Crippen LogP contribution in [0.1, 0.15) is 5.56 Å². The first kappa shape index (κ1) is 19.9. The van der Waals surface area contributed by atoms with Crippen molar-refractivity contribution in [2.24, 2.45) is 5.41 Å². The summed E-state index contributed by atoms with van der Waals surface area (Å²) in [6.45, 7) is 1.21. The van der Waals surface area contributed by atoms with Crippen molar-refractivity contribution in [3.63, 3.8) is 0 Å². The summed E-state index contributed by atoms with van der Waals surface area (Å²) in [6, 6.07) is 8.78. The minimum absolute atomic E-state index is 0.0899. The van der Waals surface area contributed by atoms with Crippen LogP contribution in [-0.4, -0.2) is 48.4 Å². The molecule has 0 saturated carbocycles. The van der Waals surface area contributed by atoms with E-state index in [1.54, 1.807) is 18.2 Å². The maximum Gasteiger partial charge on any atom is 0.328 e. The molecule has 0 unspecified atom stereocenters. The number of nitro benzene ring substituents is 1. The smallest absolute Gasteiger partial charge is 0.328 e. The number of nitrogens with one attached hydrogen (secondary N) is 2. The number of benzene rings is 2. The van der Waals surface area contributed by atoms with E-state index >= 15 is 0 Å². The molecule has 3 aliphatic rings. The highest BCUT2D eigenvalue weighted by Gasteiger charge is 2.61. The van der Waals surface area contributed by atoms with Gasteiger partial charge in [-0.25, -0.2) is 9.18 Å². The predicted molar refractivity (Wildman–Crippen MR) is 111 cm³/mol. The average Bonchev–Trinajstić information content (AvgIpc) is 2.77. The Morgan fingerprint density at radius 2 is 1.72 bits per heavy atom. The molecule has 5 rings (SSSR count). The van der Waals surface area contributed by atoms with Gasteiger partial charge in [0.2, 0.25) is 11.8 Å². The SMILES string of the molecule is O=C1NC(=O)C2(Cc3cc([N+](=O)[O-])ccc3N3CCN(c4ccc(F)cc4)C[C@H]32)C(=O)N1. The monoisotopic (exact) mass is 439 g/mol. The molecule has 11 heteroatoms. The Balaban J connectivity index is 1.61. The molecule has 3 aliphatic heterocycles. The number of anilines is 2. The average molecular weight is 439 g/mol. The summed E-state index contributed by atoms with van der Waals surface area (Å²) in [4.78, 5) is 52.7. The number of hydrogen-bond acceptors (Lipinski definition) is 7. The van der Waals surface area contributed by atoms with Gasteiger partial charge in [-0.1, -0.05) is 0 Å². The Kier molecular flexibility index (Phi) is 4.36. The first-order valence-corrected chi connectivity index (χ1v) is 10.0. The van der Waals surface area contributed by atoms with Crippen LogP contribution in [0.25, 0.3) is 0 Å². The van der Waals surface area contributed by atoms with Crippen molar-refractivity contribution >= 4 is 34.9 Å². The molecule has 1 spiro atoms. The third-order valence-electron chi connectivity index (χ3n) is 6.46. The summed E-state index contributed by atoms with van der Waals surface area (Å²) >= 11 is 0. The number of non-ortho nitro benzene ring substituents is 1. The van der Waals surface area contributed by atoms with Gasteiger partial charge in [-0.15, -0.1) is 0 Å². The number of piperazine rings is 1. The first-order valence-electron chi connectivity index (χ1n) is 10.0. The predicted octanol–water partition coefficient (Wildman–Crippen LogP) is 1.34. The zero-order valence-electron chi connectivity index (χ0n) is 16.7. The largest absolute Gasteiger partial charge is 0.368 e. The molecular formula is C21H18FN5O5. The highest BCUT2D eigenvalue weighted by molar-refractivity contribution is 6.20. The summed E-state index contributed by atoms with van der Waals surface area (Å²) in [6.07, 6.45) is -0.0899. The van der Waals surface area contributed by atoms with Crippen molar-refractivity contribution in [2.75, 3.05) is 29.4 Å². The van der Waals surface area contributed by atoms with Gasteiger partial charge >= 0.3 is 6.03 Å². The molecule has 0 radical (unpaired) electrons. The Morgan fingerprint density at radius 3 is 2.38 bits per heavy atom. The van der Waals surface area contributed by atoms with Crippen LogP contribution >= 0.6 is 0 Å². The highest BCUT2D eigenvalue weighted by atomic mass is 19.1. The van der Waals surface area contributed by atoms with Crippen LogP contribution in [0.5, 0.6) is 0 Å². The lowest BCUT2D eigenvalue weighted by Crippen LogP contribution is -2.74. The second-order valence-electron chi connectivity index (χ2n) is 8.09. The van der Waals surface area contributed by atoms with Crippen molar-refractivity contribution in [3.05, 3.63) is 64.0 Å². The van der Waals surface area contributed by atoms with Gasteiger partial charge in [0.1, 0.15) is 5.82 Å². The van der Waals surface area contributed by atoms with Crippen molar-refractivity contribution in [1.82, 2.24) is 10.6 Å². The lowest BCUT2D eigenvalue weighted by Gasteiger charge is -2.54. The number of hydrogen-bond donors (Lipinski definition) is 2. The van der Waals surface area contributed by atoms with E-state index in [1.165, 1.54) is 24.3 Å². The van der Waals surface area contributed by atoms with Gasteiger partial charge in [-0.2, -0.15) is 0 Å². The second-order valence-corrected chi connectivity index (χ2v) is 8.09. The number of urea groups is 1. The minimum atomic E-state index is -1.66. The Labute approximate surface area is 181 Å². The topological polar surface area (TPSA) is 125 Å². The van der Waals surface area contributed by atoms with Crippen LogP contribution in [0.2, 0.25) is 0 Å². The number of carbonyl (C=O) groups is 3. The Bertz CT molecular complexity index is 1150. The van der Waals surface area contributed by atoms with Crippen molar-refractivity contribution in [2.45, 2.75) is 12.5 Å². The molecule has 2 aromatic rings. The van der Waals surface area contributed by atoms with Crippen LogP contribution < -0.4 is 20.4 Å². The van der Waals surface area contributed by atoms with E-state index in [4.69, 9.17) is 0 Å². The molecule has 3 heterocycles. The lowest BCUT2D eigenvalue weighted by molar-refractivity contribution is -0.384. The molecule has 0 aromatic heterocycles. The van der Waals surface area contributed by atoms with Crippen molar-refractivity contribution < 1.29 is 23.7 Å². The first-order chi connectivity index (χ1) is 15.3. The number of halogens is 1. The normalized spacial score (nSPS) is 21.5. The van der Waals surface area contributed by atoms with Gasteiger partial charge < -0.3 is 9.80 Å². The van der Waals surface area contributed by atoms with Crippen molar-refractivity contribution in [1.29, 1.82) is 0 Å². The molecule has 2 fully saturated rings. The number of nitro groups is 1. The van der Waals surface area contributed by atoms with Gasteiger partial charge in [-0.3, -0.25) is 30.3 Å². The maximum atomic E-state index is 13.4. The van der Waals surface area contributed by atoms with Crippen LogP contribution in [0.15, 0.2) is 42.5 Å². The summed E-state index contributed by atoms with van der Waals surface area (Å²) in [5.41, 5.74) is 0.140. The summed E-state index contributed by atoms with van der Waals surface area (Å²) in [7, 11) is 0.